The predicted molar refractivity (Wildman–Crippen MR) is 93.6 cm³/mol. The van der Waals surface area contributed by atoms with Gasteiger partial charge in [0.2, 0.25) is 8.07 Å². The van der Waals surface area contributed by atoms with Gasteiger partial charge < -0.3 is 0 Å². The van der Waals surface area contributed by atoms with Crippen molar-refractivity contribution in [2.24, 2.45) is 0 Å². The van der Waals surface area contributed by atoms with Gasteiger partial charge in [-0.3, -0.25) is 0 Å². The van der Waals surface area contributed by atoms with Gasteiger partial charge in [0.25, 0.3) is 0 Å². The lowest BCUT2D eigenvalue weighted by atomic mass is 10.0. The lowest BCUT2D eigenvalue weighted by molar-refractivity contribution is 0.497. The third-order valence-electron chi connectivity index (χ3n) is 4.90. The molecule has 0 aromatic heterocycles. The lowest BCUT2D eigenvalue weighted by Gasteiger charge is -2.37. The third-order valence-corrected chi connectivity index (χ3v) is 9.65. The van der Waals surface area contributed by atoms with Gasteiger partial charge in [-0.15, -0.1) is 12.0 Å². The van der Waals surface area contributed by atoms with Crippen LogP contribution in [0.25, 0.3) is 0 Å². The Hall–Kier alpha value is -1.78. The highest BCUT2D eigenvalue weighted by Gasteiger charge is 2.43. The summed E-state index contributed by atoms with van der Waals surface area (Å²) in [5.74, 6) is 0. The first-order valence-corrected chi connectivity index (χ1v) is 10.0. The molecule has 3 rings (SSSR count). The maximum atomic E-state index is 6.21. The fraction of sp³-hybridized carbons (Fsp3) is 0.300. The lowest BCUT2D eigenvalue weighted by Crippen LogP contribution is -2.61. The van der Waals surface area contributed by atoms with Gasteiger partial charge in [-0.2, -0.15) is 0 Å². The Labute approximate surface area is 129 Å². The quantitative estimate of drug-likeness (QED) is 0.596. The minimum atomic E-state index is -2.09. The second-order valence-electron chi connectivity index (χ2n) is 6.02. The Morgan fingerprint density at radius 1 is 0.762 bits per heavy atom. The van der Waals surface area contributed by atoms with Crippen molar-refractivity contribution in [2.75, 3.05) is 0 Å². The first kappa shape index (κ1) is 14.2. The molecule has 1 aliphatic carbocycles. The topological polar surface area (TPSA) is 0 Å². The zero-order valence-electron chi connectivity index (χ0n) is 12.5. The van der Waals surface area contributed by atoms with E-state index in [0.717, 1.165) is 0 Å². The molecule has 2 aromatic rings. The molecule has 2 aromatic carbocycles. The molecule has 0 aliphatic heterocycles. The normalized spacial score (nSPS) is 16.3. The van der Waals surface area contributed by atoms with E-state index in [-0.39, 0.29) is 0 Å². The van der Waals surface area contributed by atoms with Crippen LogP contribution in [-0.4, -0.2) is 8.07 Å². The van der Waals surface area contributed by atoms with Crippen LogP contribution in [0.1, 0.15) is 32.1 Å². The van der Waals surface area contributed by atoms with E-state index < -0.39 is 8.07 Å². The Morgan fingerprint density at radius 3 is 1.67 bits per heavy atom. The Morgan fingerprint density at radius 2 is 1.24 bits per heavy atom. The largest absolute Gasteiger partial charge is 0.201 e. The molecule has 0 amide bonds. The molecular weight excluding hydrogens is 268 g/mol. The van der Waals surface area contributed by atoms with Gasteiger partial charge in [0.15, 0.2) is 0 Å². The Bertz CT molecular complexity index is 564. The molecule has 1 heteroatoms. The summed E-state index contributed by atoms with van der Waals surface area (Å²) < 4.78 is 0. The van der Waals surface area contributed by atoms with Gasteiger partial charge in [-0.05, 0) is 15.9 Å². The number of benzene rings is 2. The summed E-state index contributed by atoms with van der Waals surface area (Å²) in [5, 5.41) is 2.82. The first-order chi connectivity index (χ1) is 10.4. The summed E-state index contributed by atoms with van der Waals surface area (Å²) >= 11 is 0. The van der Waals surface area contributed by atoms with E-state index in [4.69, 9.17) is 6.42 Å². The molecule has 0 bridgehead atoms. The van der Waals surface area contributed by atoms with Gasteiger partial charge >= 0.3 is 0 Å². The average molecular weight is 290 g/mol. The monoisotopic (exact) mass is 290 g/mol. The van der Waals surface area contributed by atoms with Crippen molar-refractivity contribution in [2.45, 2.75) is 37.6 Å². The second-order valence-corrected chi connectivity index (χ2v) is 9.90. The molecule has 0 atom stereocenters. The van der Waals surface area contributed by atoms with E-state index in [1.807, 2.05) is 0 Å². The zero-order valence-corrected chi connectivity index (χ0v) is 13.5. The van der Waals surface area contributed by atoms with Crippen molar-refractivity contribution in [3.63, 3.8) is 0 Å². The third kappa shape index (κ3) is 2.57. The summed E-state index contributed by atoms with van der Waals surface area (Å²) in [7, 11) is -2.09. The molecule has 0 N–H and O–H groups in total. The van der Waals surface area contributed by atoms with Crippen LogP contribution in [0.4, 0.5) is 0 Å². The van der Waals surface area contributed by atoms with Crippen molar-refractivity contribution in [3.8, 4) is 12.0 Å². The fourth-order valence-corrected chi connectivity index (χ4v) is 8.42. The smallest absolute Gasteiger partial charge is 0.126 e. The zero-order chi connectivity index (χ0) is 14.5. The van der Waals surface area contributed by atoms with Crippen LogP contribution in [0, 0.1) is 12.0 Å². The van der Waals surface area contributed by atoms with E-state index in [2.05, 4.69) is 66.2 Å². The summed E-state index contributed by atoms with van der Waals surface area (Å²) in [5.41, 5.74) is 4.04. The molecule has 0 unspecified atom stereocenters. The molecule has 1 aliphatic rings. The van der Waals surface area contributed by atoms with E-state index in [0.29, 0.717) is 5.54 Å². The minimum absolute atomic E-state index is 0.682. The van der Waals surface area contributed by atoms with E-state index in [1.165, 1.54) is 42.5 Å². The molecule has 0 saturated heterocycles. The predicted octanol–water partition coefficient (Wildman–Crippen LogP) is 3.76. The number of rotatable bonds is 3. The van der Waals surface area contributed by atoms with Gasteiger partial charge in [-0.25, -0.2) is 0 Å². The number of terminal acetylenes is 1. The van der Waals surface area contributed by atoms with E-state index in [1.54, 1.807) is 0 Å². The Kier molecular flexibility index (Phi) is 4.27. The summed E-state index contributed by atoms with van der Waals surface area (Å²) in [6, 6.07) is 21.8. The van der Waals surface area contributed by atoms with Crippen LogP contribution in [0.2, 0.25) is 5.54 Å². The first-order valence-electron chi connectivity index (χ1n) is 7.97. The van der Waals surface area contributed by atoms with Crippen LogP contribution < -0.4 is 10.4 Å². The summed E-state index contributed by atoms with van der Waals surface area (Å²) in [4.78, 5) is 0. The maximum absolute atomic E-state index is 6.21. The minimum Gasteiger partial charge on any atom is -0.126 e. The summed E-state index contributed by atoms with van der Waals surface area (Å²) in [6.07, 6.45) is 12.8. The van der Waals surface area contributed by atoms with Crippen molar-refractivity contribution in [1.82, 2.24) is 0 Å². The molecule has 106 valence electrons. The van der Waals surface area contributed by atoms with Crippen LogP contribution in [0.15, 0.2) is 60.7 Å². The Balaban J connectivity index is 2.16. The van der Waals surface area contributed by atoms with Crippen molar-refractivity contribution < 1.29 is 0 Å². The highest BCUT2D eigenvalue weighted by atomic mass is 28.3. The van der Waals surface area contributed by atoms with Gasteiger partial charge in [-0.1, -0.05) is 92.8 Å². The highest BCUT2D eigenvalue weighted by molar-refractivity contribution is 7.09. The number of hydrogen-bond acceptors (Lipinski definition) is 0. The van der Waals surface area contributed by atoms with Crippen LogP contribution in [0.3, 0.4) is 0 Å². The van der Waals surface area contributed by atoms with Gasteiger partial charge in [0.05, 0.1) is 0 Å². The average Bonchev–Trinajstić information content (AvgIpc) is 2.59. The van der Waals surface area contributed by atoms with Crippen molar-refractivity contribution in [3.05, 3.63) is 60.7 Å². The number of hydrogen-bond donors (Lipinski definition) is 0. The van der Waals surface area contributed by atoms with Gasteiger partial charge in [0.1, 0.15) is 0 Å². The molecule has 1 fully saturated rings. The molecular formula is C20H22Si. The molecule has 0 radical (unpaired) electrons. The highest BCUT2D eigenvalue weighted by Crippen LogP contribution is 2.36. The fourth-order valence-electron chi connectivity index (χ4n) is 3.86. The van der Waals surface area contributed by atoms with Crippen LogP contribution in [0.5, 0.6) is 0 Å². The van der Waals surface area contributed by atoms with Crippen molar-refractivity contribution >= 4 is 18.4 Å². The van der Waals surface area contributed by atoms with Crippen LogP contribution >= 0.6 is 0 Å². The second kappa shape index (κ2) is 6.33. The van der Waals surface area contributed by atoms with E-state index in [9.17, 15) is 0 Å². The molecule has 0 spiro atoms. The SMILES string of the molecule is C#C[Si](c1ccccc1)(c1ccccc1)C1CCCCC1. The van der Waals surface area contributed by atoms with Gasteiger partial charge in [0, 0.05) is 0 Å². The molecule has 0 heterocycles. The molecule has 21 heavy (non-hydrogen) atoms. The standard InChI is InChI=1S/C20H22Si/c1-2-21(18-12-6-3-7-13-18,19-14-8-4-9-15-19)20-16-10-5-11-17-20/h1,3-4,6-9,12-15,20H,5,10-11,16-17H2. The van der Waals surface area contributed by atoms with Crippen LogP contribution in [-0.2, 0) is 0 Å². The maximum Gasteiger partial charge on any atom is 0.201 e. The van der Waals surface area contributed by atoms with Crippen molar-refractivity contribution in [1.29, 1.82) is 0 Å². The molecule has 1 saturated carbocycles. The molecule has 0 nitrogen and oxygen atoms in total. The summed E-state index contributed by atoms with van der Waals surface area (Å²) in [6.45, 7) is 0. The van der Waals surface area contributed by atoms with E-state index >= 15 is 0 Å².